The molecule has 3 N–H and O–H groups in total. The van der Waals surface area contributed by atoms with Crippen molar-refractivity contribution in [1.29, 1.82) is 0 Å². The van der Waals surface area contributed by atoms with E-state index in [1.165, 1.54) is 6.92 Å². The first-order valence-corrected chi connectivity index (χ1v) is 5.12. The van der Waals surface area contributed by atoms with Gasteiger partial charge in [-0.25, -0.2) is 4.79 Å². The monoisotopic (exact) mass is 230 g/mol. The van der Waals surface area contributed by atoms with Gasteiger partial charge in [-0.15, -0.1) is 0 Å². The second-order valence-electron chi connectivity index (χ2n) is 3.83. The number of amides is 2. The molecule has 0 aromatic heterocycles. The normalized spacial score (nSPS) is 12.0. The molecular formula is C10H18N2O4. The highest BCUT2D eigenvalue weighted by Crippen LogP contribution is 2.03. The third kappa shape index (κ3) is 6.00. The van der Waals surface area contributed by atoms with Crippen LogP contribution in [0.4, 0.5) is 4.79 Å². The van der Waals surface area contributed by atoms with E-state index in [2.05, 4.69) is 10.6 Å². The van der Waals surface area contributed by atoms with Gasteiger partial charge in [-0.1, -0.05) is 13.8 Å². The molecule has 0 unspecified atom stereocenters. The molecular weight excluding hydrogens is 212 g/mol. The molecule has 0 saturated carbocycles. The van der Waals surface area contributed by atoms with Crippen LogP contribution in [0.5, 0.6) is 0 Å². The van der Waals surface area contributed by atoms with Crippen LogP contribution in [0.25, 0.3) is 0 Å². The fourth-order valence-corrected chi connectivity index (χ4v) is 1.26. The number of carbonyl (C=O) groups excluding carboxylic acids is 2. The Morgan fingerprint density at radius 2 is 1.81 bits per heavy atom. The van der Waals surface area contributed by atoms with E-state index in [-0.39, 0.29) is 30.6 Å². The van der Waals surface area contributed by atoms with Gasteiger partial charge < -0.3 is 15.7 Å². The molecule has 0 bridgehead atoms. The Kier molecular flexibility index (Phi) is 6.14. The van der Waals surface area contributed by atoms with E-state index in [4.69, 9.17) is 5.11 Å². The van der Waals surface area contributed by atoms with Gasteiger partial charge in [0.1, 0.15) is 0 Å². The number of nitrogens with one attached hydrogen (secondary N) is 2. The lowest BCUT2D eigenvalue weighted by atomic mass is 9.99. The molecule has 0 rings (SSSR count). The van der Waals surface area contributed by atoms with Crippen LogP contribution >= 0.6 is 0 Å². The molecule has 92 valence electrons. The van der Waals surface area contributed by atoms with Gasteiger partial charge in [-0.3, -0.25) is 9.59 Å². The maximum atomic E-state index is 11.7. The third-order valence-electron chi connectivity index (χ3n) is 2.00. The maximum Gasteiger partial charge on any atom is 0.404 e. The fourth-order valence-electron chi connectivity index (χ4n) is 1.26. The van der Waals surface area contributed by atoms with Crippen molar-refractivity contribution >= 4 is 17.8 Å². The molecule has 0 aromatic rings. The van der Waals surface area contributed by atoms with E-state index in [1.54, 1.807) is 13.8 Å². The highest BCUT2D eigenvalue weighted by Gasteiger charge is 2.21. The summed E-state index contributed by atoms with van der Waals surface area (Å²) in [6, 6.07) is -0.621. The zero-order chi connectivity index (χ0) is 12.7. The van der Waals surface area contributed by atoms with Crippen LogP contribution in [0.2, 0.25) is 0 Å². The Hall–Kier alpha value is -1.59. The quantitative estimate of drug-likeness (QED) is 0.614. The fraction of sp³-hybridized carbons (Fsp3) is 0.700. The summed E-state index contributed by atoms with van der Waals surface area (Å²) in [7, 11) is 0. The maximum absolute atomic E-state index is 11.7. The average molecular weight is 230 g/mol. The lowest BCUT2D eigenvalue weighted by Crippen LogP contribution is -2.43. The minimum atomic E-state index is -1.14. The number of hydrogen-bond donors (Lipinski definition) is 3. The minimum Gasteiger partial charge on any atom is -0.465 e. The van der Waals surface area contributed by atoms with Gasteiger partial charge in [-0.2, -0.15) is 0 Å². The summed E-state index contributed by atoms with van der Waals surface area (Å²) in [5, 5.41) is 13.0. The number of ketones is 1. The van der Waals surface area contributed by atoms with Crippen LogP contribution in [0.3, 0.4) is 0 Å². The molecule has 0 heterocycles. The van der Waals surface area contributed by atoms with Crippen molar-refractivity contribution in [2.45, 2.75) is 33.2 Å². The van der Waals surface area contributed by atoms with E-state index in [0.29, 0.717) is 0 Å². The summed E-state index contributed by atoms with van der Waals surface area (Å²) in [5.41, 5.74) is 0. The summed E-state index contributed by atoms with van der Waals surface area (Å²) in [5.74, 6) is -0.585. The molecule has 0 aromatic carbocycles. The van der Waals surface area contributed by atoms with Crippen LogP contribution in [0.1, 0.15) is 27.2 Å². The summed E-state index contributed by atoms with van der Waals surface area (Å²) >= 11 is 0. The molecule has 16 heavy (non-hydrogen) atoms. The zero-order valence-electron chi connectivity index (χ0n) is 9.74. The van der Waals surface area contributed by atoms with Gasteiger partial charge >= 0.3 is 6.09 Å². The van der Waals surface area contributed by atoms with Gasteiger partial charge in [0.2, 0.25) is 5.91 Å². The van der Waals surface area contributed by atoms with Crippen molar-refractivity contribution in [2.24, 2.45) is 5.92 Å². The number of rotatable bonds is 6. The highest BCUT2D eigenvalue weighted by molar-refractivity contribution is 5.89. The first-order chi connectivity index (χ1) is 7.34. The molecule has 0 radical (unpaired) electrons. The first kappa shape index (κ1) is 14.4. The Morgan fingerprint density at radius 1 is 1.25 bits per heavy atom. The van der Waals surface area contributed by atoms with Gasteiger partial charge in [0.15, 0.2) is 5.78 Å². The number of hydrogen-bond acceptors (Lipinski definition) is 3. The summed E-state index contributed by atoms with van der Waals surface area (Å²) in [6.07, 6.45) is -0.873. The van der Waals surface area contributed by atoms with E-state index >= 15 is 0 Å². The Balaban J connectivity index is 4.26. The largest absolute Gasteiger partial charge is 0.465 e. The van der Waals surface area contributed by atoms with Gasteiger partial charge in [-0.05, 0) is 6.42 Å². The van der Waals surface area contributed by atoms with E-state index < -0.39 is 12.1 Å². The van der Waals surface area contributed by atoms with Crippen molar-refractivity contribution in [3.63, 3.8) is 0 Å². The van der Waals surface area contributed by atoms with Crippen molar-refractivity contribution in [2.75, 3.05) is 6.54 Å². The predicted octanol–water partition coefficient (Wildman–Crippen LogP) is 0.374. The van der Waals surface area contributed by atoms with Crippen molar-refractivity contribution < 1.29 is 19.5 Å². The number of carboxylic acid groups (broad SMARTS) is 1. The molecule has 0 spiro atoms. The molecule has 1 atom stereocenters. The van der Waals surface area contributed by atoms with Crippen LogP contribution < -0.4 is 10.6 Å². The molecule has 0 fully saturated rings. The molecule has 0 saturated heterocycles. The second-order valence-corrected chi connectivity index (χ2v) is 3.83. The highest BCUT2D eigenvalue weighted by atomic mass is 16.4. The molecule has 0 aliphatic carbocycles. The number of Topliss-reactive ketones (excluding diaryl/α,β-unsaturated/α-hetero) is 1. The van der Waals surface area contributed by atoms with E-state index in [0.717, 1.165) is 0 Å². The van der Waals surface area contributed by atoms with Crippen LogP contribution in [0.15, 0.2) is 0 Å². The van der Waals surface area contributed by atoms with E-state index in [1.807, 2.05) is 0 Å². The summed E-state index contributed by atoms with van der Waals surface area (Å²) in [6.45, 7) is 4.94. The Morgan fingerprint density at radius 3 is 2.19 bits per heavy atom. The number of carbonyl (C=O) groups is 3. The molecule has 6 nitrogen and oxygen atoms in total. The standard InChI is InChI=1S/C10H18N2O4/c1-6(2)9(14)8(12-7(3)13)4-5-11-10(15)16/h6,8,11H,4-5H2,1-3H3,(H,12,13)(H,15,16)/t8-/m1/s1. The van der Waals surface area contributed by atoms with E-state index in [9.17, 15) is 14.4 Å². The minimum absolute atomic E-state index is 0.0950. The lowest BCUT2D eigenvalue weighted by Gasteiger charge is -2.18. The van der Waals surface area contributed by atoms with Gasteiger partial charge in [0.25, 0.3) is 0 Å². The van der Waals surface area contributed by atoms with Crippen molar-refractivity contribution in [1.82, 2.24) is 10.6 Å². The van der Waals surface area contributed by atoms with Gasteiger partial charge in [0.05, 0.1) is 6.04 Å². The SMILES string of the molecule is CC(=O)N[C@H](CCNC(=O)O)C(=O)C(C)C. The average Bonchev–Trinajstić information content (AvgIpc) is 2.13. The summed E-state index contributed by atoms with van der Waals surface area (Å²) < 4.78 is 0. The third-order valence-corrected chi connectivity index (χ3v) is 2.00. The van der Waals surface area contributed by atoms with Crippen molar-refractivity contribution in [3.05, 3.63) is 0 Å². The molecule has 6 heteroatoms. The van der Waals surface area contributed by atoms with Crippen LogP contribution in [-0.2, 0) is 9.59 Å². The Bertz CT molecular complexity index is 276. The molecule has 0 aliphatic rings. The van der Waals surface area contributed by atoms with Crippen molar-refractivity contribution in [3.8, 4) is 0 Å². The smallest absolute Gasteiger partial charge is 0.404 e. The van der Waals surface area contributed by atoms with Crippen LogP contribution in [-0.4, -0.2) is 35.5 Å². The molecule has 0 aliphatic heterocycles. The van der Waals surface area contributed by atoms with Crippen LogP contribution in [0, 0.1) is 5.92 Å². The summed E-state index contributed by atoms with van der Waals surface area (Å²) in [4.78, 5) is 32.8. The second kappa shape index (κ2) is 6.81. The zero-order valence-corrected chi connectivity index (χ0v) is 9.74. The predicted molar refractivity (Wildman–Crippen MR) is 58.1 cm³/mol. The topological polar surface area (TPSA) is 95.5 Å². The van der Waals surface area contributed by atoms with Gasteiger partial charge in [0, 0.05) is 19.4 Å². The Labute approximate surface area is 94.4 Å². The molecule has 2 amide bonds. The first-order valence-electron chi connectivity index (χ1n) is 5.12. The lowest BCUT2D eigenvalue weighted by molar-refractivity contribution is -0.128.